The van der Waals surface area contributed by atoms with Crippen molar-refractivity contribution in [2.75, 3.05) is 11.9 Å². The molecule has 2 aromatic rings. The number of hydrogen-bond acceptors (Lipinski definition) is 5. The van der Waals surface area contributed by atoms with Gasteiger partial charge < -0.3 is 10.1 Å². The zero-order valence-electron chi connectivity index (χ0n) is 15.4. The first-order valence-electron chi connectivity index (χ1n) is 9.03. The Bertz CT molecular complexity index is 988. The van der Waals surface area contributed by atoms with Gasteiger partial charge in [0.1, 0.15) is 16.6 Å². The molecule has 5 nitrogen and oxygen atoms in total. The first kappa shape index (κ1) is 20.6. The zero-order valence-corrected chi connectivity index (χ0v) is 18.4. The quantitative estimate of drug-likeness (QED) is 0.269. The van der Waals surface area contributed by atoms with E-state index in [1.54, 1.807) is 13.0 Å². The highest BCUT2D eigenvalue weighted by molar-refractivity contribution is 14.1. The smallest absolute Gasteiger partial charge is 0.341 e. The molecular formula is C21H19IN2O3S. The molecule has 0 radical (unpaired) electrons. The summed E-state index contributed by atoms with van der Waals surface area (Å²) in [5.74, 6) is -0.942. The van der Waals surface area contributed by atoms with E-state index in [2.05, 4.69) is 27.9 Å². The summed E-state index contributed by atoms with van der Waals surface area (Å²) in [5.41, 5.74) is 2.18. The first-order valence-corrected chi connectivity index (χ1v) is 10.9. The maximum absolute atomic E-state index is 12.7. The van der Waals surface area contributed by atoms with Crippen molar-refractivity contribution in [3.8, 4) is 6.07 Å². The molecule has 0 saturated carbocycles. The number of hydrogen-bond donors (Lipinski definition) is 1. The van der Waals surface area contributed by atoms with E-state index in [-0.39, 0.29) is 12.2 Å². The summed E-state index contributed by atoms with van der Waals surface area (Å²) in [7, 11) is 0. The van der Waals surface area contributed by atoms with Crippen LogP contribution >= 0.6 is 33.9 Å². The average molecular weight is 506 g/mol. The lowest BCUT2D eigenvalue weighted by Gasteiger charge is -2.12. The van der Waals surface area contributed by atoms with Crippen LogP contribution in [-0.2, 0) is 22.4 Å². The summed E-state index contributed by atoms with van der Waals surface area (Å²) in [4.78, 5) is 26.3. The van der Waals surface area contributed by atoms with Crippen LogP contribution in [0.5, 0.6) is 0 Å². The lowest BCUT2D eigenvalue weighted by Crippen LogP contribution is -2.16. The van der Waals surface area contributed by atoms with Crippen LogP contribution in [0.4, 0.5) is 5.00 Å². The molecule has 7 heteroatoms. The number of anilines is 1. The summed E-state index contributed by atoms with van der Waals surface area (Å²) in [5, 5.41) is 12.7. The zero-order chi connectivity index (χ0) is 20.1. The second kappa shape index (κ2) is 9.34. The number of rotatable bonds is 5. The third-order valence-electron chi connectivity index (χ3n) is 4.40. The molecule has 3 rings (SSSR count). The minimum atomic E-state index is -0.523. The summed E-state index contributed by atoms with van der Waals surface area (Å²) >= 11 is 3.59. The van der Waals surface area contributed by atoms with E-state index in [4.69, 9.17) is 4.74 Å². The van der Waals surface area contributed by atoms with Crippen molar-refractivity contribution in [2.45, 2.75) is 32.6 Å². The third-order valence-corrected chi connectivity index (χ3v) is 6.28. The van der Waals surface area contributed by atoms with Gasteiger partial charge in [-0.2, -0.15) is 5.26 Å². The van der Waals surface area contributed by atoms with Gasteiger partial charge in [-0.15, -0.1) is 11.3 Å². The SMILES string of the molecule is CCOC(=O)c1c(NC(=O)/C(C#N)=C/c2cccc(I)c2)sc2c1CCCC2. The van der Waals surface area contributed by atoms with Gasteiger partial charge in [-0.05, 0) is 84.5 Å². The van der Waals surface area contributed by atoms with Crippen molar-refractivity contribution >= 4 is 56.9 Å². The van der Waals surface area contributed by atoms with Crippen molar-refractivity contribution in [1.29, 1.82) is 5.26 Å². The molecule has 1 aromatic carbocycles. The number of halogens is 1. The molecule has 1 aliphatic rings. The van der Waals surface area contributed by atoms with Crippen LogP contribution in [-0.4, -0.2) is 18.5 Å². The highest BCUT2D eigenvalue weighted by Crippen LogP contribution is 2.38. The molecule has 28 heavy (non-hydrogen) atoms. The molecule has 1 amide bonds. The largest absolute Gasteiger partial charge is 0.462 e. The Morgan fingerprint density at radius 3 is 2.86 bits per heavy atom. The molecule has 0 fully saturated rings. The molecule has 0 spiro atoms. The summed E-state index contributed by atoms with van der Waals surface area (Å²) < 4.78 is 6.22. The van der Waals surface area contributed by atoms with Gasteiger partial charge in [0.05, 0.1) is 12.2 Å². The molecule has 0 atom stereocenters. The lowest BCUT2D eigenvalue weighted by atomic mass is 9.95. The number of fused-ring (bicyclic) bond motifs is 1. The van der Waals surface area contributed by atoms with Crippen LogP contribution in [0.25, 0.3) is 6.08 Å². The Morgan fingerprint density at radius 2 is 2.14 bits per heavy atom. The minimum absolute atomic E-state index is 0.0109. The monoisotopic (exact) mass is 506 g/mol. The maximum Gasteiger partial charge on any atom is 0.341 e. The molecule has 0 bridgehead atoms. The van der Waals surface area contributed by atoms with Crippen molar-refractivity contribution in [3.05, 3.63) is 55.0 Å². The molecule has 1 aromatic heterocycles. The van der Waals surface area contributed by atoms with Crippen LogP contribution in [0, 0.1) is 14.9 Å². The third kappa shape index (κ3) is 4.62. The lowest BCUT2D eigenvalue weighted by molar-refractivity contribution is -0.112. The Morgan fingerprint density at radius 1 is 1.36 bits per heavy atom. The van der Waals surface area contributed by atoms with E-state index in [1.165, 1.54) is 11.3 Å². The van der Waals surface area contributed by atoms with Gasteiger partial charge in [0, 0.05) is 8.45 Å². The first-order chi connectivity index (χ1) is 13.5. The fraction of sp³-hybridized carbons (Fsp3) is 0.286. The van der Waals surface area contributed by atoms with Gasteiger partial charge in [-0.1, -0.05) is 12.1 Å². The number of aryl methyl sites for hydroxylation is 1. The highest BCUT2D eigenvalue weighted by Gasteiger charge is 2.27. The minimum Gasteiger partial charge on any atom is -0.462 e. The Hall–Kier alpha value is -2.18. The van der Waals surface area contributed by atoms with Gasteiger partial charge in [-0.3, -0.25) is 4.79 Å². The predicted octanol–water partition coefficient (Wildman–Crippen LogP) is 4.95. The van der Waals surface area contributed by atoms with Crippen LogP contribution in [0.15, 0.2) is 29.8 Å². The number of esters is 1. The molecule has 144 valence electrons. The Labute approximate surface area is 181 Å². The summed E-state index contributed by atoms with van der Waals surface area (Å²) in [6, 6.07) is 9.49. The topological polar surface area (TPSA) is 79.2 Å². The molecule has 1 N–H and O–H groups in total. The van der Waals surface area contributed by atoms with Crippen molar-refractivity contribution < 1.29 is 14.3 Å². The number of benzene rings is 1. The number of nitrogens with one attached hydrogen (secondary N) is 1. The average Bonchev–Trinajstić information content (AvgIpc) is 3.04. The molecular weight excluding hydrogens is 487 g/mol. The molecule has 0 unspecified atom stereocenters. The Balaban J connectivity index is 1.91. The van der Waals surface area contributed by atoms with E-state index in [9.17, 15) is 14.9 Å². The fourth-order valence-corrected chi connectivity index (χ4v) is 4.99. The second-order valence-electron chi connectivity index (χ2n) is 6.31. The van der Waals surface area contributed by atoms with Gasteiger partial charge in [0.15, 0.2) is 0 Å². The van der Waals surface area contributed by atoms with E-state index in [0.29, 0.717) is 10.6 Å². The summed E-state index contributed by atoms with van der Waals surface area (Å²) in [6.07, 6.45) is 5.33. The molecule has 0 saturated heterocycles. The van der Waals surface area contributed by atoms with E-state index in [0.717, 1.165) is 45.3 Å². The number of amides is 1. The van der Waals surface area contributed by atoms with Crippen LogP contribution < -0.4 is 5.32 Å². The van der Waals surface area contributed by atoms with Crippen LogP contribution in [0.1, 0.15) is 46.1 Å². The fourth-order valence-electron chi connectivity index (χ4n) is 3.16. The number of ether oxygens (including phenoxy) is 1. The normalized spacial score (nSPS) is 13.4. The molecule has 0 aliphatic heterocycles. The van der Waals surface area contributed by atoms with Gasteiger partial charge >= 0.3 is 5.97 Å². The number of carbonyl (C=O) groups excluding carboxylic acids is 2. The second-order valence-corrected chi connectivity index (χ2v) is 8.67. The number of thiophene rings is 1. The number of carbonyl (C=O) groups is 2. The maximum atomic E-state index is 12.7. The van der Waals surface area contributed by atoms with Crippen LogP contribution in [0.2, 0.25) is 0 Å². The van der Waals surface area contributed by atoms with Crippen molar-refractivity contribution in [3.63, 3.8) is 0 Å². The van der Waals surface area contributed by atoms with E-state index < -0.39 is 11.9 Å². The van der Waals surface area contributed by atoms with E-state index in [1.807, 2.05) is 30.3 Å². The van der Waals surface area contributed by atoms with Crippen LogP contribution in [0.3, 0.4) is 0 Å². The number of nitriles is 1. The summed E-state index contributed by atoms with van der Waals surface area (Å²) in [6.45, 7) is 2.03. The highest BCUT2D eigenvalue weighted by atomic mass is 127. The van der Waals surface area contributed by atoms with Crippen molar-refractivity contribution in [2.24, 2.45) is 0 Å². The van der Waals surface area contributed by atoms with Gasteiger partial charge in [-0.25, -0.2) is 4.79 Å². The van der Waals surface area contributed by atoms with Gasteiger partial charge in [0.25, 0.3) is 5.91 Å². The van der Waals surface area contributed by atoms with Gasteiger partial charge in [0.2, 0.25) is 0 Å². The van der Waals surface area contributed by atoms with Crippen molar-refractivity contribution in [1.82, 2.24) is 0 Å². The Kier molecular flexibility index (Phi) is 6.86. The standard InChI is InChI=1S/C21H19IN2O3S/c1-2-27-21(26)18-16-8-3-4-9-17(16)28-20(18)24-19(25)14(12-23)10-13-6-5-7-15(22)11-13/h5-7,10-11H,2-4,8-9H2,1H3,(H,24,25)/b14-10+. The number of nitrogens with zero attached hydrogens (tertiary/aromatic N) is 1. The predicted molar refractivity (Wildman–Crippen MR) is 118 cm³/mol. The molecule has 1 aliphatic carbocycles. The molecule has 1 heterocycles. The van der Waals surface area contributed by atoms with E-state index >= 15 is 0 Å².